The van der Waals surface area contributed by atoms with Crippen molar-refractivity contribution in [1.82, 2.24) is 14.4 Å². The molecule has 0 saturated heterocycles. The van der Waals surface area contributed by atoms with Gasteiger partial charge in [0.05, 0.1) is 16.8 Å². The van der Waals surface area contributed by atoms with E-state index in [9.17, 15) is 4.79 Å². The van der Waals surface area contributed by atoms with E-state index in [0.717, 1.165) is 22.6 Å². The summed E-state index contributed by atoms with van der Waals surface area (Å²) in [5.41, 5.74) is 2.90. The van der Waals surface area contributed by atoms with Gasteiger partial charge in [-0.1, -0.05) is 0 Å². The molecule has 0 aliphatic rings. The highest BCUT2D eigenvalue weighted by molar-refractivity contribution is 5.88. The lowest BCUT2D eigenvalue weighted by molar-refractivity contribution is 0.0696. The Kier molecular flexibility index (Phi) is 2.52. The number of carboxylic acid groups (broad SMARTS) is 1. The Morgan fingerprint density at radius 2 is 1.95 bits per heavy atom. The quantitative estimate of drug-likeness (QED) is 0.761. The van der Waals surface area contributed by atoms with Crippen molar-refractivity contribution in [3.05, 3.63) is 54.1 Å². The molecule has 0 unspecified atom stereocenters. The van der Waals surface area contributed by atoms with Gasteiger partial charge in [0.25, 0.3) is 0 Å². The molecule has 0 bridgehead atoms. The highest BCUT2D eigenvalue weighted by Crippen LogP contribution is 2.22. The zero-order valence-corrected chi connectivity index (χ0v) is 10.2. The second-order valence-corrected chi connectivity index (χ2v) is 4.23. The molecule has 5 nitrogen and oxygen atoms in total. The molecule has 0 amide bonds. The number of hydrogen-bond donors (Lipinski definition) is 1. The first-order chi connectivity index (χ1) is 9.16. The van der Waals surface area contributed by atoms with Crippen LogP contribution in [0, 0.1) is 6.92 Å². The molecule has 19 heavy (non-hydrogen) atoms. The van der Waals surface area contributed by atoms with Crippen LogP contribution in [-0.4, -0.2) is 25.4 Å². The Labute approximate surface area is 109 Å². The summed E-state index contributed by atoms with van der Waals surface area (Å²) < 4.78 is 1.80. The predicted octanol–water partition coefficient (Wildman–Crippen LogP) is 2.40. The van der Waals surface area contributed by atoms with E-state index < -0.39 is 5.97 Å². The molecular formula is C14H11N3O2. The molecule has 5 heteroatoms. The lowest BCUT2D eigenvalue weighted by Crippen LogP contribution is -1.99. The summed E-state index contributed by atoms with van der Waals surface area (Å²) in [6.07, 6.45) is 4.97. The van der Waals surface area contributed by atoms with E-state index in [0.29, 0.717) is 0 Å². The molecule has 0 aromatic carbocycles. The number of carboxylic acids is 1. The van der Waals surface area contributed by atoms with Crippen molar-refractivity contribution in [2.45, 2.75) is 6.92 Å². The number of aromatic carboxylic acids is 1. The number of nitrogens with zero attached hydrogens (tertiary/aromatic N) is 3. The summed E-state index contributed by atoms with van der Waals surface area (Å²) in [6, 6.07) is 7.06. The SMILES string of the molecule is Cc1nc(-c2ccncc2)n2cc(C(=O)O)ccc12. The van der Waals surface area contributed by atoms with Crippen LogP contribution in [0.15, 0.2) is 42.9 Å². The summed E-state index contributed by atoms with van der Waals surface area (Å²) in [6.45, 7) is 1.90. The molecule has 3 aromatic rings. The van der Waals surface area contributed by atoms with Crippen molar-refractivity contribution in [3.63, 3.8) is 0 Å². The van der Waals surface area contributed by atoms with E-state index in [2.05, 4.69) is 9.97 Å². The molecule has 3 aromatic heterocycles. The molecule has 0 fully saturated rings. The maximum atomic E-state index is 11.1. The molecule has 94 valence electrons. The Balaban J connectivity index is 2.30. The average molecular weight is 253 g/mol. The van der Waals surface area contributed by atoms with Crippen LogP contribution in [0.5, 0.6) is 0 Å². The van der Waals surface area contributed by atoms with Crippen LogP contribution >= 0.6 is 0 Å². The van der Waals surface area contributed by atoms with E-state index in [1.807, 2.05) is 19.1 Å². The Morgan fingerprint density at radius 3 is 2.63 bits per heavy atom. The fourth-order valence-electron chi connectivity index (χ4n) is 2.07. The second kappa shape index (κ2) is 4.20. The van der Waals surface area contributed by atoms with Gasteiger partial charge in [-0.25, -0.2) is 9.78 Å². The van der Waals surface area contributed by atoms with Gasteiger partial charge in [0.2, 0.25) is 0 Å². The molecule has 3 heterocycles. The monoisotopic (exact) mass is 253 g/mol. The Hall–Kier alpha value is -2.69. The van der Waals surface area contributed by atoms with Gasteiger partial charge in [-0.3, -0.25) is 9.38 Å². The normalized spacial score (nSPS) is 10.8. The van der Waals surface area contributed by atoms with Crippen LogP contribution in [-0.2, 0) is 0 Å². The third-order valence-corrected chi connectivity index (χ3v) is 3.01. The van der Waals surface area contributed by atoms with Gasteiger partial charge < -0.3 is 5.11 Å². The number of aromatic nitrogens is 3. The number of imidazole rings is 1. The summed E-state index contributed by atoms with van der Waals surface area (Å²) in [4.78, 5) is 19.5. The maximum absolute atomic E-state index is 11.1. The van der Waals surface area contributed by atoms with Gasteiger partial charge >= 0.3 is 5.97 Å². The lowest BCUT2D eigenvalue weighted by Gasteiger charge is -2.02. The van der Waals surface area contributed by atoms with Crippen molar-refractivity contribution in [2.75, 3.05) is 0 Å². The predicted molar refractivity (Wildman–Crippen MR) is 70.1 cm³/mol. The minimum Gasteiger partial charge on any atom is -0.478 e. The van der Waals surface area contributed by atoms with Crippen molar-refractivity contribution >= 4 is 11.5 Å². The first-order valence-electron chi connectivity index (χ1n) is 5.79. The second-order valence-electron chi connectivity index (χ2n) is 4.23. The average Bonchev–Trinajstić information content (AvgIpc) is 2.77. The number of fused-ring (bicyclic) bond motifs is 1. The van der Waals surface area contributed by atoms with Gasteiger partial charge in [0, 0.05) is 24.2 Å². The molecule has 1 N–H and O–H groups in total. The van der Waals surface area contributed by atoms with Crippen LogP contribution in [0.25, 0.3) is 16.9 Å². The summed E-state index contributed by atoms with van der Waals surface area (Å²) in [5, 5.41) is 9.07. The van der Waals surface area contributed by atoms with Gasteiger partial charge in [0.1, 0.15) is 5.82 Å². The summed E-state index contributed by atoms with van der Waals surface area (Å²) in [7, 11) is 0. The topological polar surface area (TPSA) is 67.5 Å². The third-order valence-electron chi connectivity index (χ3n) is 3.01. The Morgan fingerprint density at radius 1 is 1.21 bits per heavy atom. The van der Waals surface area contributed by atoms with Gasteiger partial charge in [-0.2, -0.15) is 0 Å². The zero-order valence-electron chi connectivity index (χ0n) is 10.2. The van der Waals surface area contributed by atoms with E-state index in [4.69, 9.17) is 5.11 Å². The fourth-order valence-corrected chi connectivity index (χ4v) is 2.07. The van der Waals surface area contributed by atoms with Gasteiger partial charge in [-0.05, 0) is 31.2 Å². The highest BCUT2D eigenvalue weighted by atomic mass is 16.4. The Bertz CT molecular complexity index is 763. The third kappa shape index (κ3) is 1.85. The molecule has 3 rings (SSSR count). The molecule has 0 aliphatic heterocycles. The smallest absolute Gasteiger partial charge is 0.337 e. The maximum Gasteiger partial charge on any atom is 0.337 e. The number of rotatable bonds is 2. The first kappa shape index (κ1) is 11.4. The van der Waals surface area contributed by atoms with Crippen LogP contribution < -0.4 is 0 Å². The van der Waals surface area contributed by atoms with Crippen LogP contribution in [0.4, 0.5) is 0 Å². The molecule has 0 radical (unpaired) electrons. The van der Waals surface area contributed by atoms with Crippen LogP contribution in [0.3, 0.4) is 0 Å². The summed E-state index contributed by atoms with van der Waals surface area (Å²) >= 11 is 0. The molecule has 0 aliphatic carbocycles. The summed E-state index contributed by atoms with van der Waals surface area (Å²) in [5.74, 6) is -0.230. The van der Waals surface area contributed by atoms with Crippen LogP contribution in [0.1, 0.15) is 16.1 Å². The standard InChI is InChI=1S/C14H11N3O2/c1-9-12-3-2-11(14(18)19)8-17(12)13(16-9)10-4-6-15-7-5-10/h2-8H,1H3,(H,18,19). The number of carbonyl (C=O) groups is 1. The molecule has 0 atom stereocenters. The first-order valence-corrected chi connectivity index (χ1v) is 5.79. The molecular weight excluding hydrogens is 242 g/mol. The van der Waals surface area contributed by atoms with Crippen LogP contribution in [0.2, 0.25) is 0 Å². The number of pyridine rings is 2. The van der Waals surface area contributed by atoms with Crippen molar-refractivity contribution in [3.8, 4) is 11.4 Å². The van der Waals surface area contributed by atoms with Crippen molar-refractivity contribution in [2.24, 2.45) is 0 Å². The minimum absolute atomic E-state index is 0.236. The molecule has 0 saturated carbocycles. The van der Waals surface area contributed by atoms with Gasteiger partial charge in [0.15, 0.2) is 0 Å². The van der Waals surface area contributed by atoms with Crippen molar-refractivity contribution in [1.29, 1.82) is 0 Å². The zero-order chi connectivity index (χ0) is 13.4. The highest BCUT2D eigenvalue weighted by Gasteiger charge is 2.12. The largest absolute Gasteiger partial charge is 0.478 e. The lowest BCUT2D eigenvalue weighted by atomic mass is 10.2. The fraction of sp³-hybridized carbons (Fsp3) is 0.0714. The van der Waals surface area contributed by atoms with Crippen molar-refractivity contribution < 1.29 is 9.90 Å². The van der Waals surface area contributed by atoms with Gasteiger partial charge in [-0.15, -0.1) is 0 Å². The van der Waals surface area contributed by atoms with E-state index in [1.54, 1.807) is 35.1 Å². The van der Waals surface area contributed by atoms with E-state index >= 15 is 0 Å². The minimum atomic E-state index is -0.950. The number of aryl methyl sites for hydroxylation is 1. The molecule has 0 spiro atoms. The van der Waals surface area contributed by atoms with E-state index in [-0.39, 0.29) is 5.56 Å². The van der Waals surface area contributed by atoms with E-state index in [1.165, 1.54) is 0 Å². The number of hydrogen-bond acceptors (Lipinski definition) is 3.